The van der Waals surface area contributed by atoms with Crippen LogP contribution < -0.4 is 5.32 Å². The van der Waals surface area contributed by atoms with E-state index in [4.69, 9.17) is 5.11 Å². The first-order chi connectivity index (χ1) is 8.56. The average Bonchev–Trinajstić information content (AvgIpc) is 2.78. The number of aromatic nitrogens is 1. The SMILES string of the molecule is Cc1cc(NC(=O)[C@@H]2CC[C@H](C(=O)O)C2)ccn1. The number of pyridine rings is 1. The molecule has 0 unspecified atom stereocenters. The van der Waals surface area contributed by atoms with E-state index in [9.17, 15) is 9.59 Å². The molecule has 1 aromatic heterocycles. The third-order valence-corrected chi connectivity index (χ3v) is 3.32. The van der Waals surface area contributed by atoms with Crippen LogP contribution in [0.15, 0.2) is 18.3 Å². The number of amides is 1. The molecule has 1 fully saturated rings. The van der Waals surface area contributed by atoms with Crippen molar-refractivity contribution in [1.82, 2.24) is 4.98 Å². The second-order valence-electron chi connectivity index (χ2n) is 4.72. The molecule has 0 bridgehead atoms. The van der Waals surface area contributed by atoms with Crippen LogP contribution in [0.1, 0.15) is 25.0 Å². The van der Waals surface area contributed by atoms with E-state index < -0.39 is 5.97 Å². The number of hydrogen-bond acceptors (Lipinski definition) is 3. The summed E-state index contributed by atoms with van der Waals surface area (Å²) in [7, 11) is 0. The molecule has 1 amide bonds. The summed E-state index contributed by atoms with van der Waals surface area (Å²) >= 11 is 0. The molecule has 1 saturated carbocycles. The number of rotatable bonds is 3. The minimum atomic E-state index is -0.801. The Labute approximate surface area is 105 Å². The van der Waals surface area contributed by atoms with Crippen molar-refractivity contribution < 1.29 is 14.7 Å². The highest BCUT2D eigenvalue weighted by molar-refractivity contribution is 5.93. The second kappa shape index (κ2) is 5.16. The van der Waals surface area contributed by atoms with Gasteiger partial charge in [-0.3, -0.25) is 14.6 Å². The van der Waals surface area contributed by atoms with Crippen molar-refractivity contribution in [2.24, 2.45) is 11.8 Å². The molecule has 96 valence electrons. The van der Waals surface area contributed by atoms with Crippen molar-refractivity contribution in [1.29, 1.82) is 0 Å². The van der Waals surface area contributed by atoms with Gasteiger partial charge in [-0.15, -0.1) is 0 Å². The quantitative estimate of drug-likeness (QED) is 0.855. The number of hydrogen-bond donors (Lipinski definition) is 2. The maximum Gasteiger partial charge on any atom is 0.306 e. The number of carboxylic acid groups (broad SMARTS) is 1. The Balaban J connectivity index is 1.95. The number of aryl methyl sites for hydroxylation is 1. The molecular formula is C13H16N2O3. The molecule has 1 aliphatic rings. The Kier molecular flexibility index (Phi) is 3.60. The molecule has 1 aliphatic carbocycles. The highest BCUT2D eigenvalue weighted by Crippen LogP contribution is 2.31. The zero-order chi connectivity index (χ0) is 13.1. The Hall–Kier alpha value is -1.91. The van der Waals surface area contributed by atoms with Gasteiger partial charge in [0, 0.05) is 23.5 Å². The van der Waals surface area contributed by atoms with Crippen molar-refractivity contribution in [2.45, 2.75) is 26.2 Å². The molecule has 0 aliphatic heterocycles. The van der Waals surface area contributed by atoms with Crippen LogP contribution in [0.25, 0.3) is 0 Å². The van der Waals surface area contributed by atoms with Gasteiger partial charge in [0.05, 0.1) is 5.92 Å². The van der Waals surface area contributed by atoms with E-state index in [2.05, 4.69) is 10.3 Å². The van der Waals surface area contributed by atoms with E-state index in [-0.39, 0.29) is 17.7 Å². The molecule has 1 heterocycles. The monoisotopic (exact) mass is 248 g/mol. The highest BCUT2D eigenvalue weighted by Gasteiger charge is 2.33. The van der Waals surface area contributed by atoms with Gasteiger partial charge in [0.25, 0.3) is 0 Å². The standard InChI is InChI=1S/C13H16N2O3/c1-8-6-11(4-5-14-8)15-12(16)9-2-3-10(7-9)13(17)18/h4-6,9-10H,2-3,7H2,1H3,(H,17,18)(H,14,15,16)/t9-,10+/m1/s1. The number of carbonyl (C=O) groups excluding carboxylic acids is 1. The van der Waals surface area contributed by atoms with Gasteiger partial charge in [-0.25, -0.2) is 0 Å². The number of anilines is 1. The normalized spacial score (nSPS) is 22.7. The van der Waals surface area contributed by atoms with Gasteiger partial charge >= 0.3 is 5.97 Å². The molecule has 5 heteroatoms. The first-order valence-electron chi connectivity index (χ1n) is 6.02. The lowest BCUT2D eigenvalue weighted by Crippen LogP contribution is -2.21. The maximum absolute atomic E-state index is 12.0. The van der Waals surface area contributed by atoms with Gasteiger partial charge in [0.1, 0.15) is 0 Å². The zero-order valence-electron chi connectivity index (χ0n) is 10.2. The van der Waals surface area contributed by atoms with Crippen molar-refractivity contribution in [3.8, 4) is 0 Å². The van der Waals surface area contributed by atoms with E-state index >= 15 is 0 Å². The fourth-order valence-corrected chi connectivity index (χ4v) is 2.31. The van der Waals surface area contributed by atoms with Crippen LogP contribution in [0.4, 0.5) is 5.69 Å². The van der Waals surface area contributed by atoms with Gasteiger partial charge in [0.2, 0.25) is 5.91 Å². The van der Waals surface area contributed by atoms with Crippen LogP contribution >= 0.6 is 0 Å². The average molecular weight is 248 g/mol. The largest absolute Gasteiger partial charge is 0.481 e. The number of nitrogens with one attached hydrogen (secondary N) is 1. The van der Waals surface area contributed by atoms with Crippen molar-refractivity contribution in [3.63, 3.8) is 0 Å². The minimum absolute atomic E-state index is 0.0932. The van der Waals surface area contributed by atoms with Crippen LogP contribution in [-0.2, 0) is 9.59 Å². The maximum atomic E-state index is 12.0. The summed E-state index contributed by atoms with van der Waals surface area (Å²) in [5.41, 5.74) is 1.55. The van der Waals surface area contributed by atoms with Gasteiger partial charge in [-0.2, -0.15) is 0 Å². The van der Waals surface area contributed by atoms with Crippen molar-refractivity contribution in [2.75, 3.05) is 5.32 Å². The summed E-state index contributed by atoms with van der Waals surface area (Å²) in [6.45, 7) is 1.85. The zero-order valence-corrected chi connectivity index (χ0v) is 10.2. The van der Waals surface area contributed by atoms with E-state index in [1.165, 1.54) is 0 Å². The van der Waals surface area contributed by atoms with Crippen LogP contribution in [0.5, 0.6) is 0 Å². The third kappa shape index (κ3) is 2.85. The van der Waals surface area contributed by atoms with Crippen molar-refractivity contribution >= 4 is 17.6 Å². The Morgan fingerprint density at radius 2 is 2.11 bits per heavy atom. The fraction of sp³-hybridized carbons (Fsp3) is 0.462. The van der Waals surface area contributed by atoms with E-state index in [1.54, 1.807) is 18.3 Å². The number of carboxylic acids is 1. The van der Waals surface area contributed by atoms with Crippen LogP contribution in [-0.4, -0.2) is 22.0 Å². The molecule has 0 spiro atoms. The van der Waals surface area contributed by atoms with Crippen LogP contribution in [0, 0.1) is 18.8 Å². The Bertz CT molecular complexity index is 473. The summed E-state index contributed by atoms with van der Waals surface area (Å²) in [5.74, 6) is -1.46. The lowest BCUT2D eigenvalue weighted by atomic mass is 10.0. The smallest absolute Gasteiger partial charge is 0.306 e. The van der Waals surface area contributed by atoms with Gasteiger partial charge in [-0.05, 0) is 38.3 Å². The summed E-state index contributed by atoms with van der Waals surface area (Å²) in [5, 5.41) is 11.7. The topological polar surface area (TPSA) is 79.3 Å². The lowest BCUT2D eigenvalue weighted by molar-refractivity contribution is -0.141. The molecule has 2 rings (SSSR count). The molecule has 0 radical (unpaired) electrons. The first-order valence-corrected chi connectivity index (χ1v) is 6.02. The van der Waals surface area contributed by atoms with Gasteiger partial charge < -0.3 is 10.4 Å². The third-order valence-electron chi connectivity index (χ3n) is 3.32. The molecule has 2 N–H and O–H groups in total. The Morgan fingerprint density at radius 3 is 2.72 bits per heavy atom. The Morgan fingerprint density at radius 1 is 1.39 bits per heavy atom. The van der Waals surface area contributed by atoms with E-state index in [0.717, 1.165) is 5.69 Å². The summed E-state index contributed by atoms with van der Waals surface area (Å²) in [4.78, 5) is 26.9. The van der Waals surface area contributed by atoms with E-state index in [1.807, 2.05) is 6.92 Å². The molecule has 0 aromatic carbocycles. The predicted octanol–water partition coefficient (Wildman–Crippen LogP) is 1.83. The molecule has 1 aromatic rings. The fourth-order valence-electron chi connectivity index (χ4n) is 2.31. The highest BCUT2D eigenvalue weighted by atomic mass is 16.4. The second-order valence-corrected chi connectivity index (χ2v) is 4.72. The number of nitrogens with zero attached hydrogens (tertiary/aromatic N) is 1. The summed E-state index contributed by atoms with van der Waals surface area (Å²) in [6.07, 6.45) is 3.31. The predicted molar refractivity (Wildman–Crippen MR) is 66.1 cm³/mol. The lowest BCUT2D eigenvalue weighted by Gasteiger charge is -2.10. The molecule has 5 nitrogen and oxygen atoms in total. The molecule has 0 saturated heterocycles. The summed E-state index contributed by atoms with van der Waals surface area (Å²) < 4.78 is 0. The van der Waals surface area contributed by atoms with Gasteiger partial charge in [-0.1, -0.05) is 0 Å². The molecule has 2 atom stereocenters. The van der Waals surface area contributed by atoms with E-state index in [0.29, 0.717) is 24.9 Å². The summed E-state index contributed by atoms with van der Waals surface area (Å²) in [6, 6.07) is 3.52. The van der Waals surface area contributed by atoms with Crippen LogP contribution in [0.3, 0.4) is 0 Å². The number of aliphatic carboxylic acids is 1. The number of carbonyl (C=O) groups is 2. The minimum Gasteiger partial charge on any atom is -0.481 e. The first kappa shape index (κ1) is 12.5. The van der Waals surface area contributed by atoms with Crippen molar-refractivity contribution in [3.05, 3.63) is 24.0 Å². The molecular weight excluding hydrogens is 232 g/mol. The molecule has 18 heavy (non-hydrogen) atoms. The van der Waals surface area contributed by atoms with Gasteiger partial charge in [0.15, 0.2) is 0 Å². The van der Waals surface area contributed by atoms with Crippen LogP contribution in [0.2, 0.25) is 0 Å².